The van der Waals surface area contributed by atoms with Crippen molar-refractivity contribution in [1.29, 1.82) is 0 Å². The van der Waals surface area contributed by atoms with E-state index in [9.17, 15) is 26.1 Å². The standard InChI is InChI=1S/C13H9F3O4S2/c14-13(15,16)11-8-10(6-7-12(11)22(18,19)20)21(17)9-4-2-1-3-5-9/h1-8H,(H,18,19,20). The van der Waals surface area contributed by atoms with Gasteiger partial charge in [0, 0.05) is 17.2 Å². The van der Waals surface area contributed by atoms with Crippen molar-refractivity contribution in [2.75, 3.05) is 0 Å². The third kappa shape index (κ3) is 3.61. The van der Waals surface area contributed by atoms with E-state index < -0.39 is 37.9 Å². The molecule has 0 spiro atoms. The van der Waals surface area contributed by atoms with Gasteiger partial charge in [-0.15, -0.1) is 0 Å². The average molecular weight is 350 g/mol. The molecule has 0 aromatic heterocycles. The summed E-state index contributed by atoms with van der Waals surface area (Å²) < 4.78 is 82.0. The van der Waals surface area contributed by atoms with Gasteiger partial charge in [0.05, 0.1) is 5.56 Å². The van der Waals surface area contributed by atoms with E-state index in [-0.39, 0.29) is 9.79 Å². The first-order valence-corrected chi connectivity index (χ1v) is 8.35. The van der Waals surface area contributed by atoms with Crippen LogP contribution in [0.3, 0.4) is 0 Å². The summed E-state index contributed by atoms with van der Waals surface area (Å²) in [6.45, 7) is 0. The minimum atomic E-state index is -5.04. The molecule has 0 saturated heterocycles. The zero-order valence-corrected chi connectivity index (χ0v) is 12.4. The molecule has 0 aliphatic heterocycles. The number of benzene rings is 2. The Bertz CT molecular complexity index is 774. The highest BCUT2D eigenvalue weighted by Gasteiger charge is 2.38. The smallest absolute Gasteiger partial charge is 0.417 e. The van der Waals surface area contributed by atoms with Gasteiger partial charge in [0.2, 0.25) is 0 Å². The van der Waals surface area contributed by atoms with Crippen molar-refractivity contribution in [3.05, 3.63) is 54.1 Å². The van der Waals surface area contributed by atoms with E-state index in [0.29, 0.717) is 12.1 Å². The van der Waals surface area contributed by atoms with Crippen molar-refractivity contribution in [2.45, 2.75) is 20.9 Å². The Labute approximate surface area is 127 Å². The molecule has 0 aliphatic carbocycles. The maximum atomic E-state index is 13.0. The molecule has 1 atom stereocenters. The summed E-state index contributed by atoms with van der Waals surface area (Å²) in [4.78, 5) is -1.21. The predicted octanol–water partition coefficient (Wildman–Crippen LogP) is 3.12. The fourth-order valence-electron chi connectivity index (χ4n) is 1.75. The SMILES string of the molecule is O=S(=O)(O)c1ccc([S+]([O-])c2ccccc2)cc1C(F)(F)F. The van der Waals surface area contributed by atoms with E-state index in [1.807, 2.05) is 0 Å². The second kappa shape index (κ2) is 5.92. The maximum absolute atomic E-state index is 13.0. The maximum Gasteiger partial charge on any atom is 0.417 e. The second-order valence-electron chi connectivity index (χ2n) is 4.21. The van der Waals surface area contributed by atoms with Crippen LogP contribution in [0, 0.1) is 0 Å². The highest BCUT2D eigenvalue weighted by molar-refractivity contribution is 7.91. The van der Waals surface area contributed by atoms with Crippen LogP contribution in [0.2, 0.25) is 0 Å². The molecule has 0 radical (unpaired) electrons. The number of hydrogen-bond donors (Lipinski definition) is 1. The average Bonchev–Trinajstić information content (AvgIpc) is 2.45. The van der Waals surface area contributed by atoms with Crippen molar-refractivity contribution in [3.63, 3.8) is 0 Å². The van der Waals surface area contributed by atoms with Crippen LogP contribution in [0.4, 0.5) is 13.2 Å². The van der Waals surface area contributed by atoms with Crippen LogP contribution in [0.15, 0.2) is 63.2 Å². The van der Waals surface area contributed by atoms with E-state index in [1.54, 1.807) is 18.2 Å². The molecule has 2 rings (SSSR count). The molecule has 0 saturated carbocycles. The monoisotopic (exact) mass is 350 g/mol. The summed E-state index contributed by atoms with van der Waals surface area (Å²) in [5.41, 5.74) is -1.56. The van der Waals surface area contributed by atoms with E-state index in [4.69, 9.17) is 4.55 Å². The van der Waals surface area contributed by atoms with Crippen molar-refractivity contribution in [3.8, 4) is 0 Å². The van der Waals surface area contributed by atoms with E-state index in [2.05, 4.69) is 0 Å². The molecule has 2 aromatic carbocycles. The zero-order chi connectivity index (χ0) is 16.5. The normalized spacial score (nSPS) is 13.9. The van der Waals surface area contributed by atoms with E-state index >= 15 is 0 Å². The van der Waals surface area contributed by atoms with Gasteiger partial charge in [-0.25, -0.2) is 0 Å². The summed E-state index contributed by atoms with van der Waals surface area (Å²) in [6, 6.07) is 9.78. The molecule has 0 amide bonds. The number of alkyl halides is 3. The molecule has 2 aromatic rings. The Balaban J connectivity index is 2.57. The number of rotatable bonds is 3. The Morgan fingerprint density at radius 2 is 1.59 bits per heavy atom. The molecular formula is C13H9F3O4S2. The first-order chi connectivity index (χ1) is 10.1. The Morgan fingerprint density at radius 3 is 2.09 bits per heavy atom. The van der Waals surface area contributed by atoms with Gasteiger partial charge in [0.15, 0.2) is 9.79 Å². The zero-order valence-electron chi connectivity index (χ0n) is 10.7. The molecule has 0 bridgehead atoms. The molecule has 118 valence electrons. The quantitative estimate of drug-likeness (QED) is 0.681. The molecule has 0 aliphatic rings. The summed E-state index contributed by atoms with van der Waals surface area (Å²) in [6.07, 6.45) is -5.01. The van der Waals surface area contributed by atoms with Gasteiger partial charge in [0.1, 0.15) is 4.90 Å². The number of hydrogen-bond acceptors (Lipinski definition) is 3. The lowest BCUT2D eigenvalue weighted by Crippen LogP contribution is -2.14. The molecule has 0 fully saturated rings. The summed E-state index contributed by atoms with van der Waals surface area (Å²) in [7, 11) is -5.04. The molecular weight excluding hydrogens is 341 g/mol. The van der Waals surface area contributed by atoms with E-state index in [1.165, 1.54) is 12.1 Å². The van der Waals surface area contributed by atoms with Crippen molar-refractivity contribution < 1.29 is 30.7 Å². The van der Waals surface area contributed by atoms with Gasteiger partial charge in [-0.05, 0) is 24.3 Å². The molecule has 9 heteroatoms. The van der Waals surface area contributed by atoms with Gasteiger partial charge in [-0.1, -0.05) is 18.2 Å². The van der Waals surface area contributed by atoms with Crippen LogP contribution in [-0.4, -0.2) is 17.5 Å². The Hall–Kier alpha value is -1.55. The summed E-state index contributed by atoms with van der Waals surface area (Å²) in [5, 5.41) is 0. The largest absolute Gasteiger partial charge is 0.606 e. The van der Waals surface area contributed by atoms with Crippen LogP contribution < -0.4 is 0 Å². The van der Waals surface area contributed by atoms with Crippen LogP contribution >= 0.6 is 0 Å². The fourth-order valence-corrected chi connectivity index (χ4v) is 3.54. The number of halogens is 3. The highest BCUT2D eigenvalue weighted by Crippen LogP contribution is 2.36. The first kappa shape index (κ1) is 16.8. The molecule has 0 heterocycles. The molecule has 1 N–H and O–H groups in total. The first-order valence-electron chi connectivity index (χ1n) is 5.76. The van der Waals surface area contributed by atoms with Gasteiger partial charge in [-0.2, -0.15) is 21.6 Å². The second-order valence-corrected chi connectivity index (χ2v) is 7.08. The van der Waals surface area contributed by atoms with Crippen molar-refractivity contribution >= 4 is 21.3 Å². The summed E-state index contributed by atoms with van der Waals surface area (Å²) in [5.74, 6) is 0. The van der Waals surface area contributed by atoms with Gasteiger partial charge in [0.25, 0.3) is 10.1 Å². The van der Waals surface area contributed by atoms with Crippen molar-refractivity contribution in [1.82, 2.24) is 0 Å². The topological polar surface area (TPSA) is 77.4 Å². The molecule has 22 heavy (non-hydrogen) atoms. The van der Waals surface area contributed by atoms with Crippen LogP contribution in [0.25, 0.3) is 0 Å². The van der Waals surface area contributed by atoms with Crippen LogP contribution in [0.5, 0.6) is 0 Å². The van der Waals surface area contributed by atoms with Gasteiger partial charge in [-0.3, -0.25) is 4.55 Å². The lowest BCUT2D eigenvalue weighted by Gasteiger charge is -2.14. The Morgan fingerprint density at radius 1 is 1.00 bits per heavy atom. The predicted molar refractivity (Wildman–Crippen MR) is 72.4 cm³/mol. The van der Waals surface area contributed by atoms with Gasteiger partial charge >= 0.3 is 6.18 Å². The van der Waals surface area contributed by atoms with Crippen LogP contribution in [-0.2, 0) is 27.5 Å². The van der Waals surface area contributed by atoms with Gasteiger partial charge < -0.3 is 4.55 Å². The highest BCUT2D eigenvalue weighted by atomic mass is 32.2. The minimum Gasteiger partial charge on any atom is -0.606 e. The minimum absolute atomic E-state index is 0.217. The summed E-state index contributed by atoms with van der Waals surface area (Å²) >= 11 is -1.90. The molecule has 1 unspecified atom stereocenters. The third-order valence-electron chi connectivity index (χ3n) is 2.71. The van der Waals surface area contributed by atoms with Crippen LogP contribution in [0.1, 0.15) is 5.56 Å². The third-order valence-corrected chi connectivity index (χ3v) is 5.00. The fraction of sp³-hybridized carbons (Fsp3) is 0.0769. The van der Waals surface area contributed by atoms with Crippen molar-refractivity contribution in [2.24, 2.45) is 0 Å². The lowest BCUT2D eigenvalue weighted by molar-refractivity contribution is -0.140. The Kier molecular flexibility index (Phi) is 4.52. The molecule has 4 nitrogen and oxygen atoms in total. The van der Waals surface area contributed by atoms with E-state index in [0.717, 1.165) is 6.07 Å². The lowest BCUT2D eigenvalue weighted by atomic mass is 10.2.